The van der Waals surface area contributed by atoms with Gasteiger partial charge in [0, 0.05) is 42.7 Å². The molecule has 0 bridgehead atoms. The third-order valence-electron chi connectivity index (χ3n) is 5.15. The van der Waals surface area contributed by atoms with Crippen molar-refractivity contribution in [3.8, 4) is 11.3 Å². The molecule has 0 atom stereocenters. The van der Waals surface area contributed by atoms with Crippen LogP contribution in [0, 0.1) is 6.92 Å². The first-order chi connectivity index (χ1) is 14.6. The summed E-state index contributed by atoms with van der Waals surface area (Å²) in [4.78, 5) is 27.7. The number of aromatic nitrogens is 3. The highest BCUT2D eigenvalue weighted by atomic mass is 16.2. The summed E-state index contributed by atoms with van der Waals surface area (Å²) in [5, 5.41) is 0. The van der Waals surface area contributed by atoms with Gasteiger partial charge in [0.25, 0.3) is 5.91 Å². The Hall–Kier alpha value is -3.86. The number of aryl methyl sites for hydroxylation is 1. The molecule has 0 fully saturated rings. The second-order valence-corrected chi connectivity index (χ2v) is 7.11. The lowest BCUT2D eigenvalue weighted by Crippen LogP contribution is -2.26. The molecule has 0 N–H and O–H groups in total. The zero-order valence-electron chi connectivity index (χ0n) is 17.0. The summed E-state index contributed by atoms with van der Waals surface area (Å²) in [6.07, 6.45) is 5.66. The second-order valence-electron chi connectivity index (χ2n) is 7.11. The van der Waals surface area contributed by atoms with Crippen LogP contribution in [0.4, 0.5) is 5.69 Å². The summed E-state index contributed by atoms with van der Waals surface area (Å²) in [5.74, 6) is -0.0421. The van der Waals surface area contributed by atoms with Gasteiger partial charge in [-0.1, -0.05) is 24.3 Å². The zero-order valence-corrected chi connectivity index (χ0v) is 17.0. The molecular weight excluding hydrogens is 372 g/mol. The maximum Gasteiger partial charge on any atom is 0.258 e. The van der Waals surface area contributed by atoms with E-state index in [-0.39, 0.29) is 5.91 Å². The molecule has 148 valence electrons. The van der Waals surface area contributed by atoms with Gasteiger partial charge in [0.05, 0.1) is 11.4 Å². The van der Waals surface area contributed by atoms with Crippen LogP contribution in [0.25, 0.3) is 11.3 Å². The quantitative estimate of drug-likeness (QED) is 0.492. The molecule has 0 aliphatic carbocycles. The Balaban J connectivity index is 1.65. The molecule has 0 saturated carbocycles. The minimum Gasteiger partial charge on any atom is -0.311 e. The summed E-state index contributed by atoms with van der Waals surface area (Å²) in [5.41, 5.74) is 6.42. The van der Waals surface area contributed by atoms with Crippen molar-refractivity contribution in [2.45, 2.75) is 13.3 Å². The lowest BCUT2D eigenvalue weighted by molar-refractivity contribution is 0.0993. The van der Waals surface area contributed by atoms with Crippen LogP contribution >= 0.6 is 0 Å². The van der Waals surface area contributed by atoms with Crippen molar-refractivity contribution < 1.29 is 4.79 Å². The van der Waals surface area contributed by atoms with E-state index in [1.165, 1.54) is 6.33 Å². The highest BCUT2D eigenvalue weighted by Crippen LogP contribution is 2.24. The van der Waals surface area contributed by atoms with Crippen LogP contribution in [0.1, 0.15) is 27.2 Å². The summed E-state index contributed by atoms with van der Waals surface area (Å²) in [6, 6.07) is 21.3. The van der Waals surface area contributed by atoms with Gasteiger partial charge in [-0.15, -0.1) is 0 Å². The molecule has 2 aromatic heterocycles. The van der Waals surface area contributed by atoms with Crippen molar-refractivity contribution in [1.82, 2.24) is 15.0 Å². The number of carbonyl (C=O) groups is 1. The van der Waals surface area contributed by atoms with Crippen LogP contribution in [-0.4, -0.2) is 27.9 Å². The summed E-state index contributed by atoms with van der Waals surface area (Å²) >= 11 is 0. The number of pyridine rings is 1. The standard InChI is InChI=1S/C25H22N4O/c1-18-10-11-19(25(30)29(2)21-7-4-3-5-8-21)15-20(18)16-24-22(9-6-13-27-24)23-12-14-26-17-28-23/h3-15,17H,16H2,1-2H3. The van der Waals surface area contributed by atoms with Crippen molar-refractivity contribution in [2.24, 2.45) is 0 Å². The highest BCUT2D eigenvalue weighted by molar-refractivity contribution is 6.05. The van der Waals surface area contributed by atoms with Crippen molar-refractivity contribution in [3.05, 3.63) is 108 Å². The molecule has 4 rings (SSSR count). The fourth-order valence-corrected chi connectivity index (χ4v) is 3.40. The van der Waals surface area contributed by atoms with E-state index in [1.54, 1.807) is 24.3 Å². The predicted octanol–water partition coefficient (Wildman–Crippen LogP) is 4.71. The first kappa shape index (κ1) is 19.5. The number of hydrogen-bond donors (Lipinski definition) is 0. The first-order valence-electron chi connectivity index (χ1n) is 9.76. The zero-order chi connectivity index (χ0) is 20.9. The van der Waals surface area contributed by atoms with E-state index in [9.17, 15) is 4.79 Å². The number of rotatable bonds is 5. The maximum absolute atomic E-state index is 13.0. The Morgan fingerprint density at radius 2 is 1.77 bits per heavy atom. The molecular formula is C25H22N4O. The van der Waals surface area contributed by atoms with Crippen molar-refractivity contribution >= 4 is 11.6 Å². The Bertz CT molecular complexity index is 1160. The topological polar surface area (TPSA) is 59.0 Å². The Kier molecular flexibility index (Phi) is 5.61. The third-order valence-corrected chi connectivity index (χ3v) is 5.15. The van der Waals surface area contributed by atoms with Gasteiger partial charge in [-0.25, -0.2) is 9.97 Å². The monoisotopic (exact) mass is 394 g/mol. The molecule has 4 aromatic rings. The average Bonchev–Trinajstić information content (AvgIpc) is 2.81. The van der Waals surface area contributed by atoms with E-state index in [0.29, 0.717) is 12.0 Å². The van der Waals surface area contributed by atoms with Crippen molar-refractivity contribution in [1.29, 1.82) is 0 Å². The van der Waals surface area contributed by atoms with E-state index >= 15 is 0 Å². The Morgan fingerprint density at radius 3 is 2.53 bits per heavy atom. The molecule has 2 aromatic carbocycles. The van der Waals surface area contributed by atoms with Crippen LogP contribution in [0.15, 0.2) is 85.5 Å². The maximum atomic E-state index is 13.0. The molecule has 0 unspecified atom stereocenters. The first-order valence-corrected chi connectivity index (χ1v) is 9.76. The summed E-state index contributed by atoms with van der Waals surface area (Å²) < 4.78 is 0. The van der Waals surface area contributed by atoms with Gasteiger partial charge >= 0.3 is 0 Å². The molecule has 0 aliphatic heterocycles. The van der Waals surface area contributed by atoms with Crippen molar-refractivity contribution in [2.75, 3.05) is 11.9 Å². The van der Waals surface area contributed by atoms with Crippen molar-refractivity contribution in [3.63, 3.8) is 0 Å². The van der Waals surface area contributed by atoms with Crippen LogP contribution in [0.5, 0.6) is 0 Å². The molecule has 2 heterocycles. The van der Waals surface area contributed by atoms with Gasteiger partial charge in [0.15, 0.2) is 0 Å². The smallest absolute Gasteiger partial charge is 0.258 e. The molecule has 0 saturated heterocycles. The lowest BCUT2D eigenvalue weighted by atomic mass is 9.97. The predicted molar refractivity (Wildman–Crippen MR) is 118 cm³/mol. The van der Waals surface area contributed by atoms with Crippen LogP contribution < -0.4 is 4.90 Å². The number of anilines is 1. The minimum absolute atomic E-state index is 0.0421. The van der Waals surface area contributed by atoms with E-state index in [2.05, 4.69) is 21.9 Å². The highest BCUT2D eigenvalue weighted by Gasteiger charge is 2.16. The van der Waals surface area contributed by atoms with E-state index < -0.39 is 0 Å². The molecule has 30 heavy (non-hydrogen) atoms. The number of benzene rings is 2. The Morgan fingerprint density at radius 1 is 0.933 bits per heavy atom. The van der Waals surface area contributed by atoms with Crippen LogP contribution in [-0.2, 0) is 6.42 Å². The van der Waals surface area contributed by atoms with Crippen LogP contribution in [0.2, 0.25) is 0 Å². The van der Waals surface area contributed by atoms with Gasteiger partial charge < -0.3 is 4.90 Å². The molecule has 0 spiro atoms. The molecule has 0 radical (unpaired) electrons. The van der Waals surface area contributed by atoms with Gasteiger partial charge in [-0.2, -0.15) is 0 Å². The fraction of sp³-hybridized carbons (Fsp3) is 0.120. The summed E-state index contributed by atoms with van der Waals surface area (Å²) in [6.45, 7) is 2.05. The molecule has 5 heteroatoms. The third kappa shape index (κ3) is 4.10. The van der Waals surface area contributed by atoms with E-state index in [0.717, 1.165) is 33.8 Å². The van der Waals surface area contributed by atoms with Gasteiger partial charge in [-0.3, -0.25) is 9.78 Å². The summed E-state index contributed by atoms with van der Waals surface area (Å²) in [7, 11) is 1.79. The number of hydrogen-bond acceptors (Lipinski definition) is 4. The normalized spacial score (nSPS) is 10.6. The number of para-hydroxylation sites is 1. The number of carbonyl (C=O) groups excluding carboxylic acids is 1. The Labute approximate surface area is 176 Å². The fourth-order valence-electron chi connectivity index (χ4n) is 3.40. The molecule has 1 amide bonds. The minimum atomic E-state index is -0.0421. The molecule has 0 aliphatic rings. The van der Waals surface area contributed by atoms with E-state index in [4.69, 9.17) is 0 Å². The van der Waals surface area contributed by atoms with E-state index in [1.807, 2.05) is 66.7 Å². The second kappa shape index (κ2) is 8.66. The lowest BCUT2D eigenvalue weighted by Gasteiger charge is -2.18. The number of nitrogens with zero attached hydrogens (tertiary/aromatic N) is 4. The number of amides is 1. The van der Waals surface area contributed by atoms with Gasteiger partial charge in [-0.05, 0) is 60.5 Å². The molecule has 5 nitrogen and oxygen atoms in total. The van der Waals surface area contributed by atoms with Gasteiger partial charge in [0.2, 0.25) is 0 Å². The van der Waals surface area contributed by atoms with Crippen LogP contribution in [0.3, 0.4) is 0 Å². The SMILES string of the molecule is Cc1ccc(C(=O)N(C)c2ccccc2)cc1Cc1ncccc1-c1ccncn1. The van der Waals surface area contributed by atoms with Gasteiger partial charge in [0.1, 0.15) is 6.33 Å². The largest absolute Gasteiger partial charge is 0.311 e. The average molecular weight is 394 g/mol.